The van der Waals surface area contributed by atoms with E-state index in [4.69, 9.17) is 34.0 Å². The van der Waals surface area contributed by atoms with E-state index in [1.54, 1.807) is 79.4 Å². The Labute approximate surface area is 422 Å². The number of carboxylic acids is 1. The smallest absolute Gasteiger partial charge is 0.335 e. The summed E-state index contributed by atoms with van der Waals surface area (Å²) in [5.41, 5.74) is 15.6. The van der Waals surface area contributed by atoms with Crippen molar-refractivity contribution in [2.24, 2.45) is 5.73 Å². The Morgan fingerprint density at radius 3 is 1.64 bits per heavy atom. The summed E-state index contributed by atoms with van der Waals surface area (Å²) in [5.74, 6) is -2.11. The van der Waals surface area contributed by atoms with Gasteiger partial charge in [-0.15, -0.1) is 0 Å². The number of fused-ring (bicyclic) bond motifs is 4. The van der Waals surface area contributed by atoms with Crippen molar-refractivity contribution in [3.8, 4) is 12.1 Å². The van der Waals surface area contributed by atoms with E-state index in [1.165, 1.54) is 18.5 Å². The average Bonchev–Trinajstić information content (AvgIpc) is 3.95. The Morgan fingerprint density at radius 2 is 1.15 bits per heavy atom. The lowest BCUT2D eigenvalue weighted by atomic mass is 10.0. The van der Waals surface area contributed by atoms with Crippen molar-refractivity contribution in [2.45, 2.75) is 47.2 Å². The molecule has 1 amide bonds. The molecule has 0 aliphatic rings. The summed E-state index contributed by atoms with van der Waals surface area (Å²) in [6.45, 7) is 4.10. The highest BCUT2D eigenvalue weighted by Crippen LogP contribution is 2.29. The zero-order valence-corrected chi connectivity index (χ0v) is 39.4. The number of aryl methyl sites for hydroxylation is 2. The number of nitriles is 2. The highest BCUT2D eigenvalue weighted by atomic mass is 35.5. The van der Waals surface area contributed by atoms with E-state index in [9.17, 15) is 28.9 Å². The van der Waals surface area contributed by atoms with Crippen molar-refractivity contribution in [3.63, 3.8) is 0 Å². The maximum absolute atomic E-state index is 14.8. The molecule has 360 valence electrons. The molecule has 4 aromatic carbocycles. The first-order valence-electron chi connectivity index (χ1n) is 21.8. The largest absolute Gasteiger partial charge is 0.478 e. The second-order valence-electron chi connectivity index (χ2n) is 16.5. The summed E-state index contributed by atoms with van der Waals surface area (Å²) in [5, 5.41) is 33.9. The van der Waals surface area contributed by atoms with Crippen LogP contribution in [-0.2, 0) is 25.9 Å². The molecular weight excluding hydrogens is 958 g/mol. The monoisotopic (exact) mass is 1000 g/mol. The van der Waals surface area contributed by atoms with E-state index in [0.29, 0.717) is 94.9 Å². The Kier molecular flexibility index (Phi) is 16.0. The molecule has 0 spiro atoms. The highest BCUT2D eigenvalue weighted by molar-refractivity contribution is 6.36. The molecule has 0 saturated heterocycles. The van der Waals surface area contributed by atoms with E-state index in [1.807, 2.05) is 38.1 Å². The number of nitrogens with zero attached hydrogens (tertiary/aromatic N) is 6. The predicted molar refractivity (Wildman–Crippen MR) is 276 cm³/mol. The fraction of sp³-hybridized carbons (Fsp3) is 0.127. The number of rotatable bonds is 9. The van der Waals surface area contributed by atoms with Crippen molar-refractivity contribution in [3.05, 3.63) is 211 Å². The van der Waals surface area contributed by atoms with E-state index in [2.05, 4.69) is 47.4 Å². The van der Waals surface area contributed by atoms with Crippen molar-refractivity contribution >= 4 is 78.7 Å². The van der Waals surface area contributed by atoms with Gasteiger partial charge in [0.25, 0.3) is 5.91 Å². The van der Waals surface area contributed by atoms with E-state index < -0.39 is 11.8 Å². The lowest BCUT2D eigenvalue weighted by Gasteiger charge is -2.09. The molecule has 6 heterocycles. The van der Waals surface area contributed by atoms with Crippen LogP contribution in [0.2, 0.25) is 10.0 Å². The van der Waals surface area contributed by atoms with Crippen LogP contribution in [0.5, 0.6) is 0 Å². The van der Waals surface area contributed by atoms with Gasteiger partial charge in [0.1, 0.15) is 23.8 Å². The number of amides is 1. The number of hydrogen-bond donors (Lipinski definition) is 5. The number of carbonyl (C=O) groups excluding carboxylic acids is 1. The first-order chi connectivity index (χ1) is 34.2. The fourth-order valence-corrected chi connectivity index (χ4v) is 8.48. The van der Waals surface area contributed by atoms with Crippen LogP contribution in [0, 0.1) is 48.1 Å². The number of nitrogens with one attached hydrogen (secondary N) is 3. The minimum atomic E-state index is -0.982. The molecule has 0 radical (unpaired) electrons. The van der Waals surface area contributed by atoms with Crippen LogP contribution in [0.25, 0.3) is 43.6 Å². The maximum atomic E-state index is 14.8. The minimum Gasteiger partial charge on any atom is -0.478 e. The molecule has 10 rings (SSSR count). The van der Waals surface area contributed by atoms with Crippen molar-refractivity contribution < 1.29 is 23.5 Å². The quantitative estimate of drug-likeness (QED) is 0.0920. The third-order valence-corrected chi connectivity index (χ3v) is 12.0. The molecule has 0 unspecified atom stereocenters. The van der Waals surface area contributed by atoms with Gasteiger partial charge in [0.05, 0.1) is 48.5 Å². The van der Waals surface area contributed by atoms with Gasteiger partial charge in [-0.3, -0.25) is 24.7 Å². The molecule has 0 atom stereocenters. The fourth-order valence-electron chi connectivity index (χ4n) is 8.01. The van der Waals surface area contributed by atoms with Gasteiger partial charge in [-0.25, -0.2) is 13.6 Å². The standard InChI is InChI=1S/C27H19ClFN5O.C18H13N3O2.C9H8ClFN2.CH4/c1-15-6-19-7-16(8-20(11-30)26(19)33-12-15)9-21-10-17(4-5-31-21)27(35)34-13-18-2-3-23-24(25(18)29)22(28)14-32-23;1-11-4-14-5-12(6-15(9-19)17(14)21-10-11)7-16-8-13(18(22)23)2-3-20-16;10-6-4-13-7-2-1-5(3-12)9(11)8(6)7;/h2-8,10,12,14,32H,9,13H2,1H3,(H,34,35);2-6,8,10H,7H2,1H3,(H,22,23);1-2,4,13H,3,12H2;1H4. The van der Waals surface area contributed by atoms with Crippen molar-refractivity contribution in [1.82, 2.24) is 35.2 Å². The Balaban J connectivity index is 0.000000176. The number of H-pyrrole nitrogens is 2. The van der Waals surface area contributed by atoms with Gasteiger partial charge < -0.3 is 26.1 Å². The number of aromatic carboxylic acids is 1. The summed E-state index contributed by atoms with van der Waals surface area (Å²) >= 11 is 11.9. The van der Waals surface area contributed by atoms with Gasteiger partial charge in [-0.05, 0) is 109 Å². The summed E-state index contributed by atoms with van der Waals surface area (Å²) in [6, 6.07) is 28.9. The number of pyridine rings is 4. The third-order valence-electron chi connectivity index (χ3n) is 11.4. The predicted octanol–water partition coefficient (Wildman–Crippen LogP) is 11.8. The second-order valence-corrected chi connectivity index (χ2v) is 17.3. The third kappa shape index (κ3) is 11.4. The zero-order chi connectivity index (χ0) is 50.3. The molecule has 72 heavy (non-hydrogen) atoms. The Morgan fingerprint density at radius 1 is 0.681 bits per heavy atom. The van der Waals surface area contributed by atoms with E-state index in [-0.39, 0.29) is 37.8 Å². The van der Waals surface area contributed by atoms with Crippen LogP contribution in [0.4, 0.5) is 8.78 Å². The lowest BCUT2D eigenvalue weighted by molar-refractivity contribution is 0.0696. The molecule has 0 bridgehead atoms. The maximum Gasteiger partial charge on any atom is 0.335 e. The molecular formula is C55H44Cl2F2N10O3. The minimum absolute atomic E-state index is 0. The molecule has 10 aromatic rings. The van der Waals surface area contributed by atoms with E-state index >= 15 is 0 Å². The van der Waals surface area contributed by atoms with Gasteiger partial charge >= 0.3 is 5.97 Å². The van der Waals surface area contributed by atoms with Gasteiger partial charge in [-0.2, -0.15) is 10.5 Å². The van der Waals surface area contributed by atoms with Crippen LogP contribution in [0.1, 0.15) is 84.0 Å². The number of nitrogens with two attached hydrogens (primary N) is 1. The average molecular weight is 1000 g/mol. The number of halogens is 4. The number of hydrogen-bond acceptors (Lipinski definition) is 9. The molecule has 0 aliphatic carbocycles. The zero-order valence-electron chi connectivity index (χ0n) is 37.9. The summed E-state index contributed by atoms with van der Waals surface area (Å²) < 4.78 is 28.4. The summed E-state index contributed by atoms with van der Waals surface area (Å²) in [7, 11) is 0. The van der Waals surface area contributed by atoms with Crippen LogP contribution in [0.3, 0.4) is 0 Å². The summed E-state index contributed by atoms with van der Waals surface area (Å²) in [6.07, 6.45) is 10.5. The molecule has 17 heteroatoms. The normalized spacial score (nSPS) is 10.7. The van der Waals surface area contributed by atoms with Crippen molar-refractivity contribution in [1.29, 1.82) is 10.5 Å². The molecule has 0 fully saturated rings. The lowest BCUT2D eigenvalue weighted by Crippen LogP contribution is -2.23. The van der Waals surface area contributed by atoms with Gasteiger partial charge in [0, 0.05) is 113 Å². The van der Waals surface area contributed by atoms with Crippen LogP contribution < -0.4 is 11.1 Å². The van der Waals surface area contributed by atoms with E-state index in [0.717, 1.165) is 33.0 Å². The number of benzene rings is 4. The molecule has 13 nitrogen and oxygen atoms in total. The van der Waals surface area contributed by atoms with Gasteiger partial charge in [0.15, 0.2) is 0 Å². The van der Waals surface area contributed by atoms with Crippen LogP contribution in [0.15, 0.2) is 122 Å². The SMILES string of the molecule is C.Cc1cnc2c(C#N)cc(Cc3cc(C(=O)NCc4ccc5[nH]cc(Cl)c5c4F)ccn3)cc2c1.Cc1cnc2c(C#N)cc(Cc3cc(C(=O)O)ccn3)cc2c1.NCc1ccc2[nH]cc(Cl)c2c1F. The molecule has 0 aliphatic heterocycles. The second kappa shape index (κ2) is 22.4. The number of carbonyl (C=O) groups is 2. The van der Waals surface area contributed by atoms with Crippen LogP contribution in [-0.4, -0.2) is 46.9 Å². The Hall–Kier alpha value is -8.60. The topological polar surface area (TPSA) is 223 Å². The molecule has 0 saturated carbocycles. The molecule has 6 N–H and O–H groups in total. The number of aromatic nitrogens is 6. The van der Waals surface area contributed by atoms with Crippen LogP contribution >= 0.6 is 23.2 Å². The first kappa shape index (κ1) is 51.3. The number of carboxylic acid groups (broad SMARTS) is 1. The highest BCUT2D eigenvalue weighted by Gasteiger charge is 2.16. The van der Waals surface area contributed by atoms with Crippen molar-refractivity contribution in [2.75, 3.05) is 0 Å². The van der Waals surface area contributed by atoms with Gasteiger partial charge in [-0.1, -0.05) is 42.8 Å². The Bertz CT molecular complexity index is 3790. The van der Waals surface area contributed by atoms with Gasteiger partial charge in [0.2, 0.25) is 0 Å². The first-order valence-corrected chi connectivity index (χ1v) is 22.6. The number of aromatic amines is 2. The molecule has 6 aromatic heterocycles. The summed E-state index contributed by atoms with van der Waals surface area (Å²) in [4.78, 5) is 46.9.